The first-order chi connectivity index (χ1) is 15.5. The minimum atomic E-state index is -3.97. The van der Waals surface area contributed by atoms with Gasteiger partial charge in [-0.2, -0.15) is 0 Å². The lowest BCUT2D eigenvalue weighted by Gasteiger charge is -2.29. The van der Waals surface area contributed by atoms with Gasteiger partial charge in [0.15, 0.2) is 5.78 Å². The Kier molecular flexibility index (Phi) is 6.48. The summed E-state index contributed by atoms with van der Waals surface area (Å²) >= 11 is 0. The second kappa shape index (κ2) is 9.63. The quantitative estimate of drug-likeness (QED) is 0.282. The van der Waals surface area contributed by atoms with Gasteiger partial charge in [-0.05, 0) is 49.4 Å². The van der Waals surface area contributed by atoms with E-state index < -0.39 is 13.4 Å². The number of nitrogens with one attached hydrogen (secondary N) is 1. The van der Waals surface area contributed by atoms with Crippen LogP contribution in [0.5, 0.6) is 17.2 Å². The van der Waals surface area contributed by atoms with Gasteiger partial charge in [0.1, 0.15) is 17.2 Å². The number of aromatic hydroxyl groups is 1. The first kappa shape index (κ1) is 21.5. The van der Waals surface area contributed by atoms with Crippen molar-refractivity contribution in [3.8, 4) is 17.2 Å². The second-order valence-corrected chi connectivity index (χ2v) is 9.28. The van der Waals surface area contributed by atoms with Gasteiger partial charge in [-0.1, -0.05) is 72.3 Å². The molecule has 6 heteroatoms. The van der Waals surface area contributed by atoms with E-state index in [1.165, 1.54) is 0 Å². The Hall–Kier alpha value is -3.69. The lowest BCUT2D eigenvalue weighted by molar-refractivity contribution is 0.374. The van der Waals surface area contributed by atoms with Crippen molar-refractivity contribution in [1.82, 2.24) is 0 Å². The fourth-order valence-corrected chi connectivity index (χ4v) is 5.18. The van der Waals surface area contributed by atoms with Crippen LogP contribution in [0, 0.1) is 6.92 Å². The van der Waals surface area contributed by atoms with Crippen LogP contribution >= 0.6 is 7.60 Å². The van der Waals surface area contributed by atoms with Crippen LogP contribution < -0.4 is 14.4 Å². The Morgan fingerprint density at radius 3 is 1.75 bits per heavy atom. The summed E-state index contributed by atoms with van der Waals surface area (Å²) in [6.07, 6.45) is 0. The van der Waals surface area contributed by atoms with Crippen LogP contribution in [0.25, 0.3) is 0 Å². The number of rotatable bonds is 8. The van der Waals surface area contributed by atoms with Crippen LogP contribution in [-0.4, -0.2) is 5.11 Å². The highest BCUT2D eigenvalue weighted by Crippen LogP contribution is 2.61. The second-order valence-electron chi connectivity index (χ2n) is 7.32. The van der Waals surface area contributed by atoms with Crippen molar-refractivity contribution in [3.05, 3.63) is 120 Å². The Morgan fingerprint density at radius 2 is 1.22 bits per heavy atom. The third kappa shape index (κ3) is 5.13. The van der Waals surface area contributed by atoms with Crippen molar-refractivity contribution < 1.29 is 18.7 Å². The highest BCUT2D eigenvalue weighted by Gasteiger charge is 2.42. The molecule has 0 amide bonds. The summed E-state index contributed by atoms with van der Waals surface area (Å²) in [5.74, 6) is -0.187. The molecule has 5 nitrogen and oxygen atoms in total. The predicted molar refractivity (Wildman–Crippen MR) is 127 cm³/mol. The van der Waals surface area contributed by atoms with Crippen LogP contribution in [0.2, 0.25) is 0 Å². The Bertz CT molecular complexity index is 1150. The van der Waals surface area contributed by atoms with Gasteiger partial charge < -0.3 is 19.5 Å². The van der Waals surface area contributed by atoms with Gasteiger partial charge >= 0.3 is 7.60 Å². The summed E-state index contributed by atoms with van der Waals surface area (Å²) in [7, 11) is -3.97. The number of phenols is 1. The zero-order valence-corrected chi connectivity index (χ0v) is 18.5. The van der Waals surface area contributed by atoms with E-state index >= 15 is 0 Å². The molecule has 0 bridgehead atoms. The van der Waals surface area contributed by atoms with Gasteiger partial charge in [0.25, 0.3) is 0 Å². The lowest BCUT2D eigenvalue weighted by atomic mass is 10.2. The number of benzene rings is 4. The molecule has 0 aliphatic carbocycles. The fourth-order valence-electron chi connectivity index (χ4n) is 3.23. The molecule has 4 aromatic rings. The molecular weight excluding hydrogens is 421 g/mol. The molecule has 1 unspecified atom stereocenters. The molecule has 2 N–H and O–H groups in total. The highest BCUT2D eigenvalue weighted by atomic mass is 31.2. The molecule has 0 radical (unpaired) electrons. The SMILES string of the molecule is Cc1ccc(NC(c2ccccc2O)P(=O)(Oc2ccccc2)Oc2ccccc2)cc1. The summed E-state index contributed by atoms with van der Waals surface area (Å²) < 4.78 is 26.5. The van der Waals surface area contributed by atoms with Crippen LogP contribution in [-0.2, 0) is 4.57 Å². The van der Waals surface area contributed by atoms with E-state index in [-0.39, 0.29) is 5.75 Å². The minimum absolute atomic E-state index is 0.00865. The molecule has 4 rings (SSSR count). The molecular formula is C26H24NO4P. The van der Waals surface area contributed by atoms with Crippen LogP contribution in [0.3, 0.4) is 0 Å². The Morgan fingerprint density at radius 1 is 0.719 bits per heavy atom. The first-order valence-electron chi connectivity index (χ1n) is 10.2. The number of anilines is 1. The van der Waals surface area contributed by atoms with Gasteiger partial charge in [-0.3, -0.25) is 0 Å². The van der Waals surface area contributed by atoms with Gasteiger partial charge in [0.05, 0.1) is 0 Å². The van der Waals surface area contributed by atoms with E-state index in [4.69, 9.17) is 9.05 Å². The minimum Gasteiger partial charge on any atom is -0.508 e. The maximum Gasteiger partial charge on any atom is 0.457 e. The van der Waals surface area contributed by atoms with Gasteiger partial charge in [0.2, 0.25) is 0 Å². The molecule has 162 valence electrons. The van der Waals surface area contributed by atoms with E-state index in [0.717, 1.165) is 11.3 Å². The molecule has 0 heterocycles. The predicted octanol–water partition coefficient (Wildman–Crippen LogP) is 7.16. The molecule has 32 heavy (non-hydrogen) atoms. The number of hydrogen-bond donors (Lipinski definition) is 2. The lowest BCUT2D eigenvalue weighted by Crippen LogP contribution is -2.18. The Labute approximate surface area is 187 Å². The van der Waals surface area contributed by atoms with E-state index in [1.54, 1.807) is 72.8 Å². The van der Waals surface area contributed by atoms with Crippen molar-refractivity contribution in [2.75, 3.05) is 5.32 Å². The van der Waals surface area contributed by atoms with Crippen molar-refractivity contribution in [3.63, 3.8) is 0 Å². The molecule has 0 aliphatic rings. The largest absolute Gasteiger partial charge is 0.508 e. The van der Waals surface area contributed by atoms with Crippen molar-refractivity contribution >= 4 is 13.3 Å². The molecule has 0 aliphatic heterocycles. The zero-order chi connectivity index (χ0) is 22.4. The summed E-state index contributed by atoms with van der Waals surface area (Å²) in [6, 6.07) is 32.2. The summed E-state index contributed by atoms with van der Waals surface area (Å²) in [5.41, 5.74) is 2.22. The number of aryl methyl sites for hydroxylation is 1. The number of hydrogen-bond acceptors (Lipinski definition) is 5. The fraction of sp³-hybridized carbons (Fsp3) is 0.0769. The average Bonchev–Trinajstić information content (AvgIpc) is 2.80. The zero-order valence-electron chi connectivity index (χ0n) is 17.6. The number of phenolic OH excluding ortho intramolecular Hbond substituents is 1. The normalized spacial score (nSPS) is 12.0. The van der Waals surface area contributed by atoms with Crippen LogP contribution in [0.15, 0.2) is 109 Å². The highest BCUT2D eigenvalue weighted by molar-refractivity contribution is 7.55. The molecule has 0 aromatic heterocycles. The third-order valence-electron chi connectivity index (χ3n) is 4.85. The van der Waals surface area contributed by atoms with Gasteiger partial charge in [-0.15, -0.1) is 0 Å². The van der Waals surface area contributed by atoms with E-state index in [1.807, 2.05) is 43.3 Å². The first-order valence-corrected chi connectivity index (χ1v) is 11.8. The van der Waals surface area contributed by atoms with Gasteiger partial charge in [0, 0.05) is 11.3 Å². The molecule has 0 saturated heterocycles. The van der Waals surface area contributed by atoms with E-state index in [0.29, 0.717) is 17.1 Å². The van der Waals surface area contributed by atoms with Crippen LogP contribution in [0.4, 0.5) is 5.69 Å². The molecule has 0 saturated carbocycles. The topological polar surface area (TPSA) is 67.8 Å². The van der Waals surface area contributed by atoms with Crippen molar-refractivity contribution in [2.45, 2.75) is 12.7 Å². The summed E-state index contributed by atoms with van der Waals surface area (Å²) in [5, 5.41) is 13.9. The summed E-state index contributed by atoms with van der Waals surface area (Å²) in [4.78, 5) is 0. The van der Waals surface area contributed by atoms with Gasteiger partial charge in [-0.25, -0.2) is 4.57 Å². The summed E-state index contributed by atoms with van der Waals surface area (Å²) in [6.45, 7) is 1.99. The van der Waals surface area contributed by atoms with Crippen molar-refractivity contribution in [2.24, 2.45) is 0 Å². The smallest absolute Gasteiger partial charge is 0.457 e. The molecule has 0 spiro atoms. The molecule has 0 fully saturated rings. The monoisotopic (exact) mass is 445 g/mol. The average molecular weight is 445 g/mol. The maximum absolute atomic E-state index is 14.5. The van der Waals surface area contributed by atoms with Crippen molar-refractivity contribution in [1.29, 1.82) is 0 Å². The van der Waals surface area contributed by atoms with Crippen LogP contribution in [0.1, 0.15) is 16.9 Å². The molecule has 1 atom stereocenters. The number of para-hydroxylation sites is 3. The molecule has 4 aromatic carbocycles. The maximum atomic E-state index is 14.5. The standard InChI is InChI=1S/C26H24NO4P/c1-20-16-18-21(19-17-20)27-26(24-14-8-9-15-25(24)28)32(29,30-22-10-4-2-5-11-22)31-23-12-6-3-7-13-23/h2-19,26-28H,1H3. The van der Waals surface area contributed by atoms with E-state index in [2.05, 4.69) is 5.32 Å². The van der Waals surface area contributed by atoms with E-state index in [9.17, 15) is 9.67 Å². The Balaban J connectivity index is 1.81. The third-order valence-corrected chi connectivity index (χ3v) is 6.82.